The highest BCUT2D eigenvalue weighted by atomic mass is 35.5. The number of hydrogen-bond donors (Lipinski definition) is 2. The Hall–Kier alpha value is -1.22. The van der Waals surface area contributed by atoms with Crippen LogP contribution in [0.2, 0.25) is 5.02 Å². The van der Waals surface area contributed by atoms with Gasteiger partial charge in [0, 0.05) is 24.0 Å². The molecule has 1 fully saturated rings. The Morgan fingerprint density at radius 2 is 2.06 bits per heavy atom. The molecule has 1 atom stereocenters. The van der Waals surface area contributed by atoms with Gasteiger partial charge < -0.3 is 10.6 Å². The second-order valence-electron chi connectivity index (χ2n) is 4.22. The summed E-state index contributed by atoms with van der Waals surface area (Å²) in [5.41, 5.74) is 6.81. The van der Waals surface area contributed by atoms with E-state index >= 15 is 0 Å². The Morgan fingerprint density at radius 1 is 1.38 bits per heavy atom. The molecule has 0 bridgehead atoms. The lowest BCUT2D eigenvalue weighted by Gasteiger charge is -2.33. The van der Waals surface area contributed by atoms with Crippen molar-refractivity contribution in [1.82, 2.24) is 4.90 Å². The summed E-state index contributed by atoms with van der Waals surface area (Å²) in [6.45, 7) is 1.75. The third kappa shape index (κ3) is 2.47. The number of likely N-dealkylation sites (tertiary alicyclic amines) is 1. The number of halogens is 1. The summed E-state index contributed by atoms with van der Waals surface area (Å²) in [6.07, 6.45) is 2.25. The van der Waals surface area contributed by atoms with Crippen molar-refractivity contribution in [2.45, 2.75) is 18.8 Å². The van der Waals surface area contributed by atoms with E-state index in [9.17, 15) is 0 Å². The zero-order chi connectivity index (χ0) is 11.5. The molecule has 1 aliphatic heterocycles. The average molecular weight is 238 g/mol. The van der Waals surface area contributed by atoms with Crippen LogP contribution in [0.5, 0.6) is 0 Å². The van der Waals surface area contributed by atoms with Crippen LogP contribution in [-0.4, -0.2) is 23.9 Å². The largest absolute Gasteiger partial charge is 0.370 e. The van der Waals surface area contributed by atoms with Gasteiger partial charge in [0.05, 0.1) is 0 Å². The minimum atomic E-state index is 0.179. The van der Waals surface area contributed by atoms with Crippen LogP contribution in [0.25, 0.3) is 0 Å². The zero-order valence-corrected chi connectivity index (χ0v) is 9.87. The highest BCUT2D eigenvalue weighted by Crippen LogP contribution is 2.27. The Bertz CT molecular complexity index is 374. The summed E-state index contributed by atoms with van der Waals surface area (Å²) in [5, 5.41) is 8.22. The molecule has 2 rings (SSSR count). The van der Waals surface area contributed by atoms with E-state index in [2.05, 4.69) is 12.1 Å². The van der Waals surface area contributed by atoms with Gasteiger partial charge in [-0.25, -0.2) is 0 Å². The minimum Gasteiger partial charge on any atom is -0.370 e. The summed E-state index contributed by atoms with van der Waals surface area (Å²) in [6, 6.07) is 7.97. The summed E-state index contributed by atoms with van der Waals surface area (Å²) in [5.74, 6) is 0.647. The maximum Gasteiger partial charge on any atom is 0.188 e. The molecular weight excluding hydrogens is 222 g/mol. The number of hydrogen-bond acceptors (Lipinski definition) is 1. The number of piperidine rings is 1. The van der Waals surface area contributed by atoms with Gasteiger partial charge in [-0.05, 0) is 30.5 Å². The molecule has 0 aliphatic carbocycles. The van der Waals surface area contributed by atoms with E-state index in [0.29, 0.717) is 5.92 Å². The SMILES string of the molecule is N=C(N)N1CCC[C@H](c2ccc(Cl)cc2)C1. The van der Waals surface area contributed by atoms with Crippen molar-refractivity contribution in [2.24, 2.45) is 5.73 Å². The van der Waals surface area contributed by atoms with Crippen molar-refractivity contribution >= 4 is 17.6 Å². The van der Waals surface area contributed by atoms with Crippen molar-refractivity contribution in [2.75, 3.05) is 13.1 Å². The van der Waals surface area contributed by atoms with E-state index in [4.69, 9.17) is 22.7 Å². The molecule has 1 aromatic rings. The molecule has 16 heavy (non-hydrogen) atoms. The lowest BCUT2D eigenvalue weighted by molar-refractivity contribution is 0.305. The van der Waals surface area contributed by atoms with E-state index in [0.717, 1.165) is 31.0 Å². The molecule has 1 saturated heterocycles. The van der Waals surface area contributed by atoms with Crippen molar-refractivity contribution in [3.63, 3.8) is 0 Å². The minimum absolute atomic E-state index is 0.179. The van der Waals surface area contributed by atoms with Gasteiger partial charge in [0.15, 0.2) is 5.96 Å². The molecule has 86 valence electrons. The first-order valence-electron chi connectivity index (χ1n) is 5.51. The second-order valence-corrected chi connectivity index (χ2v) is 4.66. The normalized spacial score (nSPS) is 20.8. The topological polar surface area (TPSA) is 53.1 Å². The number of rotatable bonds is 1. The van der Waals surface area contributed by atoms with Gasteiger partial charge in [0.2, 0.25) is 0 Å². The molecule has 3 N–H and O–H groups in total. The monoisotopic (exact) mass is 237 g/mol. The summed E-state index contributed by atoms with van der Waals surface area (Å²) >= 11 is 5.87. The third-order valence-electron chi connectivity index (χ3n) is 3.10. The molecule has 0 saturated carbocycles. The number of benzene rings is 1. The summed E-state index contributed by atoms with van der Waals surface area (Å²) in [7, 11) is 0. The first kappa shape index (κ1) is 11.3. The zero-order valence-electron chi connectivity index (χ0n) is 9.12. The fraction of sp³-hybridized carbons (Fsp3) is 0.417. The Balaban J connectivity index is 2.09. The van der Waals surface area contributed by atoms with Crippen LogP contribution in [0.3, 0.4) is 0 Å². The van der Waals surface area contributed by atoms with Crippen LogP contribution in [0.4, 0.5) is 0 Å². The molecule has 0 amide bonds. The Kier molecular flexibility index (Phi) is 3.34. The summed E-state index contributed by atoms with van der Waals surface area (Å²) in [4.78, 5) is 1.93. The number of nitrogens with one attached hydrogen (secondary N) is 1. The van der Waals surface area contributed by atoms with Crippen LogP contribution < -0.4 is 5.73 Å². The molecule has 0 spiro atoms. The van der Waals surface area contributed by atoms with Gasteiger partial charge in [0.25, 0.3) is 0 Å². The molecule has 1 aliphatic rings. The predicted octanol–water partition coefficient (Wildman–Crippen LogP) is 2.41. The van der Waals surface area contributed by atoms with E-state index in [-0.39, 0.29) is 5.96 Å². The highest BCUT2D eigenvalue weighted by molar-refractivity contribution is 6.30. The molecule has 0 unspecified atom stereocenters. The molecule has 1 heterocycles. The molecule has 1 aromatic carbocycles. The van der Waals surface area contributed by atoms with E-state index in [1.165, 1.54) is 5.56 Å². The fourth-order valence-corrected chi connectivity index (χ4v) is 2.33. The van der Waals surface area contributed by atoms with Gasteiger partial charge in [-0.1, -0.05) is 23.7 Å². The first-order valence-corrected chi connectivity index (χ1v) is 5.89. The molecule has 3 nitrogen and oxygen atoms in total. The predicted molar refractivity (Wildman–Crippen MR) is 66.9 cm³/mol. The van der Waals surface area contributed by atoms with E-state index < -0.39 is 0 Å². The fourth-order valence-electron chi connectivity index (χ4n) is 2.20. The molecule has 0 aromatic heterocycles. The maximum absolute atomic E-state index is 7.46. The molecular formula is C12H16ClN3. The Labute approximate surface area is 101 Å². The molecule has 4 heteroatoms. The third-order valence-corrected chi connectivity index (χ3v) is 3.36. The van der Waals surface area contributed by atoms with Gasteiger partial charge in [-0.15, -0.1) is 0 Å². The van der Waals surface area contributed by atoms with Crippen molar-refractivity contribution in [1.29, 1.82) is 5.41 Å². The van der Waals surface area contributed by atoms with Gasteiger partial charge >= 0.3 is 0 Å². The first-order chi connectivity index (χ1) is 7.66. The van der Waals surface area contributed by atoms with E-state index in [1.807, 2.05) is 17.0 Å². The maximum atomic E-state index is 7.46. The van der Waals surface area contributed by atoms with Crippen molar-refractivity contribution in [3.05, 3.63) is 34.9 Å². The van der Waals surface area contributed by atoms with Crippen LogP contribution in [0, 0.1) is 5.41 Å². The van der Waals surface area contributed by atoms with Gasteiger partial charge in [0.1, 0.15) is 0 Å². The van der Waals surface area contributed by atoms with Crippen LogP contribution >= 0.6 is 11.6 Å². The van der Waals surface area contributed by atoms with Gasteiger partial charge in [-0.2, -0.15) is 0 Å². The lowest BCUT2D eigenvalue weighted by Crippen LogP contribution is -2.42. The van der Waals surface area contributed by atoms with E-state index in [1.54, 1.807) is 0 Å². The lowest BCUT2D eigenvalue weighted by atomic mass is 9.91. The average Bonchev–Trinajstić information content (AvgIpc) is 2.30. The van der Waals surface area contributed by atoms with Gasteiger partial charge in [-0.3, -0.25) is 5.41 Å². The smallest absolute Gasteiger partial charge is 0.188 e. The van der Waals surface area contributed by atoms with Crippen molar-refractivity contribution in [3.8, 4) is 0 Å². The quantitative estimate of drug-likeness (QED) is 0.582. The number of nitrogens with two attached hydrogens (primary N) is 1. The number of guanidine groups is 1. The summed E-state index contributed by atoms with van der Waals surface area (Å²) < 4.78 is 0. The van der Waals surface area contributed by atoms with Crippen LogP contribution in [0.15, 0.2) is 24.3 Å². The number of nitrogens with zero attached hydrogens (tertiary/aromatic N) is 1. The van der Waals surface area contributed by atoms with Crippen LogP contribution in [0.1, 0.15) is 24.3 Å². The van der Waals surface area contributed by atoms with Crippen LogP contribution in [-0.2, 0) is 0 Å². The standard InChI is InChI=1S/C12H16ClN3/c13-11-5-3-9(4-6-11)10-2-1-7-16(8-10)12(14)15/h3-6,10H,1-2,7-8H2,(H3,14,15)/t10-/m0/s1. The highest BCUT2D eigenvalue weighted by Gasteiger charge is 2.21. The molecule has 0 radical (unpaired) electrons. The van der Waals surface area contributed by atoms with Crippen molar-refractivity contribution < 1.29 is 0 Å². The Morgan fingerprint density at radius 3 is 2.69 bits per heavy atom. The second kappa shape index (κ2) is 4.74.